The van der Waals surface area contributed by atoms with Crippen LogP contribution >= 0.6 is 43.5 Å². The number of benzene rings is 2. The molecule has 0 spiro atoms. The molecule has 1 aliphatic heterocycles. The van der Waals surface area contributed by atoms with Gasteiger partial charge in [-0.3, -0.25) is 9.59 Å². The minimum Gasteiger partial charge on any atom is -0.355 e. The Hall–Kier alpha value is -3.89. The third-order valence-electron chi connectivity index (χ3n) is 8.21. The highest BCUT2D eigenvalue weighted by Gasteiger charge is 2.17. The second-order valence-corrected chi connectivity index (χ2v) is 14.1. The Morgan fingerprint density at radius 2 is 1.35 bits per heavy atom. The van der Waals surface area contributed by atoms with Gasteiger partial charge in [0.15, 0.2) is 0 Å². The molecule has 0 bridgehead atoms. The molecule has 1 saturated carbocycles. The van der Waals surface area contributed by atoms with Gasteiger partial charge in [-0.25, -0.2) is 9.97 Å². The molecule has 1 saturated heterocycles. The first-order valence-corrected chi connectivity index (χ1v) is 18.6. The van der Waals surface area contributed by atoms with Crippen molar-refractivity contribution in [3.8, 4) is 0 Å². The number of nitrogens with two attached hydrogens (primary N) is 1. The molecule has 3 heterocycles. The Morgan fingerprint density at radius 1 is 0.824 bits per heavy atom. The van der Waals surface area contributed by atoms with E-state index in [1.165, 1.54) is 25.7 Å². The van der Waals surface area contributed by atoms with Crippen LogP contribution in [0.2, 0.25) is 5.28 Å². The zero-order valence-electron chi connectivity index (χ0n) is 29.0. The van der Waals surface area contributed by atoms with Gasteiger partial charge in [-0.2, -0.15) is 9.97 Å². The Bertz CT molecular complexity index is 1800. The molecule has 2 fully saturated rings. The summed E-state index contributed by atoms with van der Waals surface area (Å²) >= 11 is 12.6. The average Bonchev–Trinajstić information content (AvgIpc) is 3.83. The smallest absolute Gasteiger partial charge is 0.251 e. The summed E-state index contributed by atoms with van der Waals surface area (Å²) in [6.45, 7) is 5.83. The topological polar surface area (TPSA) is 184 Å². The third kappa shape index (κ3) is 12.1. The Kier molecular flexibility index (Phi) is 15.4. The highest BCUT2D eigenvalue weighted by atomic mass is 79.9. The van der Waals surface area contributed by atoms with Crippen molar-refractivity contribution >= 4 is 84.2 Å². The predicted molar refractivity (Wildman–Crippen MR) is 212 cm³/mol. The maximum Gasteiger partial charge on any atom is 0.251 e. The number of nitrogens with one attached hydrogen (secondary N) is 6. The number of rotatable bonds is 8. The SMILES string of the molecule is CNC(=O)c1ccc(C)c(Nc2nc(Cl)ncc2Br)c1.CNC(=O)c1ccc(C)c(Nc2nc(N[C@@H]3CCNC3)ncc2Br)c1.NC1CCCC1. The first kappa shape index (κ1) is 39.9. The molecule has 2 aromatic carbocycles. The lowest BCUT2D eigenvalue weighted by Crippen LogP contribution is -2.23. The first-order chi connectivity index (χ1) is 24.5. The fourth-order valence-corrected chi connectivity index (χ4v) is 5.93. The Morgan fingerprint density at radius 3 is 1.82 bits per heavy atom. The van der Waals surface area contributed by atoms with E-state index in [4.69, 9.17) is 17.3 Å². The van der Waals surface area contributed by atoms with E-state index in [1.54, 1.807) is 44.7 Å². The molecule has 2 aliphatic rings. The number of hydrogen-bond donors (Lipinski definition) is 7. The molecule has 1 atom stereocenters. The minimum absolute atomic E-state index is 0.124. The minimum atomic E-state index is -0.146. The summed E-state index contributed by atoms with van der Waals surface area (Å²) in [4.78, 5) is 40.4. The molecule has 16 heteroatoms. The first-order valence-electron chi connectivity index (χ1n) is 16.6. The van der Waals surface area contributed by atoms with Crippen LogP contribution in [0.5, 0.6) is 0 Å². The van der Waals surface area contributed by atoms with Crippen molar-refractivity contribution in [1.29, 1.82) is 0 Å². The normalized spacial score (nSPS) is 15.1. The number of carbonyl (C=O) groups is 2. The monoisotopic (exact) mass is 843 g/mol. The molecule has 2 amide bonds. The molecule has 1 aliphatic carbocycles. The van der Waals surface area contributed by atoms with E-state index in [2.05, 4.69) is 83.7 Å². The molecule has 51 heavy (non-hydrogen) atoms. The zero-order chi connectivity index (χ0) is 36.9. The highest BCUT2D eigenvalue weighted by Crippen LogP contribution is 2.28. The van der Waals surface area contributed by atoms with Crippen LogP contribution in [0, 0.1) is 13.8 Å². The van der Waals surface area contributed by atoms with E-state index in [-0.39, 0.29) is 17.1 Å². The number of aromatic nitrogens is 4. The van der Waals surface area contributed by atoms with Crippen LogP contribution in [0.1, 0.15) is 63.9 Å². The fraction of sp³-hybridized carbons (Fsp3) is 0.371. The second-order valence-electron chi connectivity index (χ2n) is 12.1. The summed E-state index contributed by atoms with van der Waals surface area (Å²) < 4.78 is 1.44. The van der Waals surface area contributed by atoms with E-state index in [0.717, 1.165) is 46.5 Å². The highest BCUT2D eigenvalue weighted by molar-refractivity contribution is 9.11. The van der Waals surface area contributed by atoms with Crippen LogP contribution in [-0.4, -0.2) is 71.0 Å². The fourth-order valence-electron chi connectivity index (χ4n) is 5.22. The largest absolute Gasteiger partial charge is 0.355 e. The summed E-state index contributed by atoms with van der Waals surface area (Å²) in [6, 6.07) is 11.8. The molecule has 0 unspecified atom stereocenters. The van der Waals surface area contributed by atoms with Crippen molar-refractivity contribution in [2.75, 3.05) is 43.1 Å². The standard InChI is InChI=1S/C17H21BrN6O.C13H12BrClN4O.C5H11N/c1-10-3-4-11(16(25)19-2)7-14(10)23-15-13(18)9-21-17(24-15)22-12-5-6-20-8-12;1-7-3-4-8(12(20)16-2)5-10(7)18-11-9(14)6-17-13(15)19-11;6-5-3-1-2-4-5/h3-4,7,9,12,20H,5-6,8H2,1-2H3,(H,19,25)(H2,21,22,23,24);3-6H,1-2H3,(H,16,20)(H,17,18,19);5H,1-4,6H2/t12-;;/m1../s1. The maximum absolute atomic E-state index is 11.9. The second kappa shape index (κ2) is 19.6. The molecule has 4 aromatic rings. The third-order valence-corrected chi connectivity index (χ3v) is 9.55. The van der Waals surface area contributed by atoms with E-state index >= 15 is 0 Å². The van der Waals surface area contributed by atoms with E-state index in [0.29, 0.717) is 45.3 Å². The molecular weight excluding hydrogens is 802 g/mol. The van der Waals surface area contributed by atoms with Crippen LogP contribution in [0.3, 0.4) is 0 Å². The van der Waals surface area contributed by atoms with Crippen LogP contribution in [-0.2, 0) is 0 Å². The van der Waals surface area contributed by atoms with Crippen molar-refractivity contribution in [1.82, 2.24) is 35.9 Å². The van der Waals surface area contributed by atoms with Gasteiger partial charge in [0.05, 0.1) is 8.95 Å². The predicted octanol–water partition coefficient (Wildman–Crippen LogP) is 6.62. The van der Waals surface area contributed by atoms with Crippen molar-refractivity contribution in [3.63, 3.8) is 0 Å². The van der Waals surface area contributed by atoms with Gasteiger partial charge in [0, 0.05) is 67.6 Å². The number of anilines is 5. The van der Waals surface area contributed by atoms with Gasteiger partial charge in [-0.1, -0.05) is 25.0 Å². The quantitative estimate of drug-likeness (QED) is 0.0947. The van der Waals surface area contributed by atoms with Crippen LogP contribution in [0.15, 0.2) is 57.7 Å². The maximum atomic E-state index is 11.9. The number of amides is 2. The number of nitrogens with zero attached hydrogens (tertiary/aromatic N) is 4. The van der Waals surface area contributed by atoms with Gasteiger partial charge < -0.3 is 37.6 Å². The van der Waals surface area contributed by atoms with E-state index in [9.17, 15) is 9.59 Å². The van der Waals surface area contributed by atoms with Gasteiger partial charge >= 0.3 is 0 Å². The number of carbonyl (C=O) groups excluding carboxylic acids is 2. The molecule has 6 rings (SSSR count). The lowest BCUT2D eigenvalue weighted by molar-refractivity contribution is 0.0955. The molecule has 13 nitrogen and oxygen atoms in total. The van der Waals surface area contributed by atoms with E-state index in [1.807, 2.05) is 32.0 Å². The Labute approximate surface area is 320 Å². The van der Waals surface area contributed by atoms with Crippen LogP contribution in [0.4, 0.5) is 29.0 Å². The molecule has 0 radical (unpaired) electrons. The van der Waals surface area contributed by atoms with Crippen molar-refractivity contribution in [3.05, 3.63) is 85.3 Å². The summed E-state index contributed by atoms with van der Waals surface area (Å²) in [7, 11) is 3.21. The molecule has 8 N–H and O–H groups in total. The number of hydrogen-bond acceptors (Lipinski definition) is 11. The van der Waals surface area contributed by atoms with Gasteiger partial charge in [0.2, 0.25) is 11.2 Å². The van der Waals surface area contributed by atoms with Crippen LogP contribution in [0.25, 0.3) is 0 Å². The lowest BCUT2D eigenvalue weighted by atomic mass is 10.1. The summed E-state index contributed by atoms with van der Waals surface area (Å²) in [5, 5.41) is 18.4. The van der Waals surface area contributed by atoms with Crippen molar-refractivity contribution in [2.45, 2.75) is 58.0 Å². The average molecular weight is 846 g/mol. The van der Waals surface area contributed by atoms with Gasteiger partial charge in [-0.05, 0) is 119 Å². The summed E-state index contributed by atoms with van der Waals surface area (Å²) in [6.07, 6.45) is 9.59. The molecule has 272 valence electrons. The van der Waals surface area contributed by atoms with Crippen molar-refractivity contribution in [2.24, 2.45) is 5.73 Å². The number of halogens is 3. The van der Waals surface area contributed by atoms with Gasteiger partial charge in [-0.15, -0.1) is 0 Å². The molecule has 2 aromatic heterocycles. The van der Waals surface area contributed by atoms with Crippen LogP contribution < -0.4 is 37.6 Å². The Balaban J connectivity index is 0.000000200. The van der Waals surface area contributed by atoms with Gasteiger partial charge in [0.25, 0.3) is 11.8 Å². The van der Waals surface area contributed by atoms with E-state index < -0.39 is 0 Å². The summed E-state index contributed by atoms with van der Waals surface area (Å²) in [5.41, 5.74) is 10.3. The van der Waals surface area contributed by atoms with Gasteiger partial charge in [0.1, 0.15) is 11.6 Å². The molecular formula is C35H44Br2ClN11O2. The summed E-state index contributed by atoms with van der Waals surface area (Å²) in [5.74, 6) is 1.51. The lowest BCUT2D eigenvalue weighted by Gasteiger charge is -2.15. The number of aryl methyl sites for hydroxylation is 2. The zero-order valence-corrected chi connectivity index (χ0v) is 33.0. The van der Waals surface area contributed by atoms with Crippen molar-refractivity contribution < 1.29 is 9.59 Å².